The summed E-state index contributed by atoms with van der Waals surface area (Å²) in [6.07, 6.45) is 2.75. The first-order chi connectivity index (χ1) is 14.1. The molecule has 1 aliphatic heterocycles. The fourth-order valence-electron chi connectivity index (χ4n) is 3.36. The molecule has 3 heterocycles. The molecule has 1 fully saturated rings. The van der Waals surface area contributed by atoms with E-state index in [1.54, 1.807) is 11.0 Å². The van der Waals surface area contributed by atoms with Gasteiger partial charge in [0.25, 0.3) is 5.91 Å². The number of hydrogen-bond acceptors (Lipinski definition) is 6. The lowest BCUT2D eigenvalue weighted by atomic mass is 9.96. The number of amides is 1. The highest BCUT2D eigenvalue weighted by atomic mass is 35.5. The molecule has 30 heavy (non-hydrogen) atoms. The Hall–Kier alpha value is -2.32. The van der Waals surface area contributed by atoms with Crippen LogP contribution in [0.3, 0.4) is 0 Å². The molecule has 0 spiro atoms. The quantitative estimate of drug-likeness (QED) is 0.561. The number of likely N-dealkylation sites (tertiary alicyclic amines) is 1. The summed E-state index contributed by atoms with van der Waals surface area (Å²) < 4.78 is 7.33. The molecule has 0 saturated carbocycles. The van der Waals surface area contributed by atoms with Gasteiger partial charge in [-0.3, -0.25) is 9.69 Å². The minimum absolute atomic E-state index is 0.128. The first-order valence-corrected chi connectivity index (χ1v) is 11.0. The summed E-state index contributed by atoms with van der Waals surface area (Å²) in [7, 11) is 1.88. The summed E-state index contributed by atoms with van der Waals surface area (Å²) in [5, 5.41) is 5.54. The lowest BCUT2D eigenvalue weighted by Gasteiger charge is -2.22. The molecule has 1 unspecified atom stereocenters. The highest BCUT2D eigenvalue weighted by Gasteiger charge is 2.35. The highest BCUT2D eigenvalue weighted by molar-refractivity contribution is 7.20. The molecule has 162 valence electrons. The second-order valence-electron chi connectivity index (χ2n) is 8.25. The SMILES string of the molecule is C=CCOC(=O)N1CCCC1c1cc(N(C)c2ccc(Cl)s2)n(C(=O)C(C)(C)C)n1. The van der Waals surface area contributed by atoms with Crippen LogP contribution in [0.2, 0.25) is 4.34 Å². The second kappa shape index (κ2) is 8.81. The Bertz CT molecular complexity index is 946. The summed E-state index contributed by atoms with van der Waals surface area (Å²) >= 11 is 7.53. The topological polar surface area (TPSA) is 67.7 Å². The summed E-state index contributed by atoms with van der Waals surface area (Å²) in [6, 6.07) is 5.36. The first kappa shape index (κ1) is 22.4. The Morgan fingerprint density at radius 3 is 2.77 bits per heavy atom. The van der Waals surface area contributed by atoms with E-state index in [2.05, 4.69) is 11.7 Å². The number of carbonyl (C=O) groups excluding carboxylic acids is 2. The summed E-state index contributed by atoms with van der Waals surface area (Å²) in [6.45, 7) is 9.90. The molecule has 2 aromatic heterocycles. The van der Waals surface area contributed by atoms with Crippen molar-refractivity contribution >= 4 is 45.8 Å². The zero-order valence-electron chi connectivity index (χ0n) is 17.7. The number of ether oxygens (including phenoxy) is 1. The van der Waals surface area contributed by atoms with E-state index in [0.29, 0.717) is 22.4 Å². The van der Waals surface area contributed by atoms with Gasteiger partial charge in [0.15, 0.2) is 0 Å². The number of halogens is 1. The number of nitrogens with zero attached hydrogens (tertiary/aromatic N) is 4. The third-order valence-corrected chi connectivity index (χ3v) is 6.24. The number of anilines is 2. The highest BCUT2D eigenvalue weighted by Crippen LogP contribution is 2.38. The largest absolute Gasteiger partial charge is 0.445 e. The molecule has 2 aromatic rings. The summed E-state index contributed by atoms with van der Waals surface area (Å²) in [5.74, 6) is 0.506. The number of aromatic nitrogens is 2. The fraction of sp³-hybridized carbons (Fsp3) is 0.476. The Morgan fingerprint density at radius 2 is 2.17 bits per heavy atom. The van der Waals surface area contributed by atoms with E-state index in [0.717, 1.165) is 17.8 Å². The van der Waals surface area contributed by atoms with Crippen molar-refractivity contribution in [2.75, 3.05) is 25.1 Å². The lowest BCUT2D eigenvalue weighted by Crippen LogP contribution is -2.32. The molecular formula is C21H27ClN4O3S. The van der Waals surface area contributed by atoms with Crippen LogP contribution in [0.5, 0.6) is 0 Å². The predicted molar refractivity (Wildman–Crippen MR) is 120 cm³/mol. The van der Waals surface area contributed by atoms with Crippen LogP contribution in [0.25, 0.3) is 0 Å². The lowest BCUT2D eigenvalue weighted by molar-refractivity contribution is 0.0749. The zero-order chi connectivity index (χ0) is 22.1. The molecule has 7 nitrogen and oxygen atoms in total. The van der Waals surface area contributed by atoms with E-state index < -0.39 is 11.5 Å². The van der Waals surface area contributed by atoms with Crippen LogP contribution < -0.4 is 4.90 Å². The van der Waals surface area contributed by atoms with Gasteiger partial charge in [-0.15, -0.1) is 11.3 Å². The fourth-order valence-corrected chi connectivity index (χ4v) is 4.36. The minimum Gasteiger partial charge on any atom is -0.445 e. The van der Waals surface area contributed by atoms with Gasteiger partial charge in [0.05, 0.1) is 21.1 Å². The molecular weight excluding hydrogens is 424 g/mol. The Labute approximate surface area is 185 Å². The Morgan fingerprint density at radius 1 is 1.43 bits per heavy atom. The van der Waals surface area contributed by atoms with Crippen LogP contribution in [0.15, 0.2) is 30.9 Å². The predicted octanol–water partition coefficient (Wildman–Crippen LogP) is 5.51. The van der Waals surface area contributed by atoms with Crippen LogP contribution in [-0.4, -0.2) is 46.9 Å². The van der Waals surface area contributed by atoms with Crippen LogP contribution >= 0.6 is 22.9 Å². The number of carbonyl (C=O) groups is 2. The van der Waals surface area contributed by atoms with Gasteiger partial charge in [-0.25, -0.2) is 4.79 Å². The van der Waals surface area contributed by atoms with Crippen molar-refractivity contribution < 1.29 is 14.3 Å². The van der Waals surface area contributed by atoms with Crippen LogP contribution in [-0.2, 0) is 4.74 Å². The Kier molecular flexibility index (Phi) is 6.57. The molecule has 0 aromatic carbocycles. The molecule has 0 radical (unpaired) electrons. The van der Waals surface area contributed by atoms with Crippen molar-refractivity contribution in [3.8, 4) is 0 Å². The maximum absolute atomic E-state index is 13.1. The van der Waals surface area contributed by atoms with Crippen LogP contribution in [0.4, 0.5) is 15.6 Å². The average molecular weight is 451 g/mol. The molecule has 1 amide bonds. The van der Waals surface area contributed by atoms with Crippen molar-refractivity contribution in [3.63, 3.8) is 0 Å². The van der Waals surface area contributed by atoms with Gasteiger partial charge in [-0.2, -0.15) is 9.78 Å². The monoisotopic (exact) mass is 450 g/mol. The van der Waals surface area contributed by atoms with Crippen molar-refractivity contribution in [1.82, 2.24) is 14.7 Å². The molecule has 1 atom stereocenters. The van der Waals surface area contributed by atoms with E-state index in [4.69, 9.17) is 16.3 Å². The molecule has 0 bridgehead atoms. The van der Waals surface area contributed by atoms with Gasteiger partial charge in [0, 0.05) is 25.1 Å². The van der Waals surface area contributed by atoms with Gasteiger partial charge >= 0.3 is 6.09 Å². The number of thiophene rings is 1. The average Bonchev–Trinajstić information content (AvgIpc) is 3.42. The third-order valence-electron chi connectivity index (χ3n) is 4.93. The normalized spacial score (nSPS) is 16.6. The molecule has 0 aliphatic carbocycles. The van der Waals surface area contributed by atoms with Crippen molar-refractivity contribution in [3.05, 3.63) is 40.9 Å². The van der Waals surface area contributed by atoms with Gasteiger partial charge in [0.2, 0.25) is 0 Å². The minimum atomic E-state index is -0.621. The number of hydrogen-bond donors (Lipinski definition) is 0. The zero-order valence-corrected chi connectivity index (χ0v) is 19.3. The molecule has 9 heteroatoms. The molecule has 0 N–H and O–H groups in total. The van der Waals surface area contributed by atoms with Gasteiger partial charge in [-0.1, -0.05) is 45.0 Å². The molecule has 1 saturated heterocycles. The van der Waals surface area contributed by atoms with Crippen molar-refractivity contribution in [1.29, 1.82) is 0 Å². The van der Waals surface area contributed by atoms with Gasteiger partial charge in [-0.05, 0) is 25.0 Å². The van der Waals surface area contributed by atoms with Gasteiger partial charge in [0.1, 0.15) is 12.4 Å². The summed E-state index contributed by atoms with van der Waals surface area (Å²) in [4.78, 5) is 29.2. The van der Waals surface area contributed by atoms with E-state index >= 15 is 0 Å². The van der Waals surface area contributed by atoms with Crippen LogP contribution in [0.1, 0.15) is 50.1 Å². The third kappa shape index (κ3) is 4.54. The summed E-state index contributed by atoms with van der Waals surface area (Å²) in [5.41, 5.74) is 0.0506. The smallest absolute Gasteiger partial charge is 0.410 e. The van der Waals surface area contributed by atoms with E-state index in [1.165, 1.54) is 16.0 Å². The first-order valence-electron chi connectivity index (χ1n) is 9.81. The van der Waals surface area contributed by atoms with Crippen molar-refractivity contribution in [2.45, 2.75) is 39.7 Å². The maximum Gasteiger partial charge on any atom is 0.410 e. The van der Waals surface area contributed by atoms with Crippen LogP contribution in [0, 0.1) is 5.41 Å². The molecule has 1 aliphatic rings. The number of rotatable bonds is 5. The second-order valence-corrected chi connectivity index (χ2v) is 9.94. The molecule has 3 rings (SSSR count). The van der Waals surface area contributed by atoms with E-state index in [-0.39, 0.29) is 18.6 Å². The maximum atomic E-state index is 13.1. The van der Waals surface area contributed by atoms with Crippen molar-refractivity contribution in [2.24, 2.45) is 5.41 Å². The standard InChI is InChI=1S/C21H27ClN4O3S/c1-6-12-29-20(28)25-11-7-8-15(25)14-13-17(24(5)18-10-9-16(22)30-18)26(23-14)19(27)21(2,3)4/h6,9-10,13,15H,1,7-8,11-12H2,2-5H3. The van der Waals surface area contributed by atoms with Gasteiger partial charge < -0.3 is 9.64 Å². The van der Waals surface area contributed by atoms with E-state index in [9.17, 15) is 9.59 Å². The van der Waals surface area contributed by atoms with E-state index in [1.807, 2.05) is 50.9 Å². The Balaban J connectivity index is 2.00.